The van der Waals surface area contributed by atoms with E-state index in [2.05, 4.69) is 135 Å². The zero-order valence-electron chi connectivity index (χ0n) is 49.2. The Labute approximate surface area is 467 Å². The van der Waals surface area contributed by atoms with Crippen molar-refractivity contribution in [1.82, 2.24) is 0 Å². The highest BCUT2D eigenvalue weighted by Crippen LogP contribution is 2.43. The van der Waals surface area contributed by atoms with Gasteiger partial charge in [0.25, 0.3) is 0 Å². The highest BCUT2D eigenvalue weighted by molar-refractivity contribution is 7.47. The summed E-state index contributed by atoms with van der Waals surface area (Å²) in [5.41, 5.74) is 0. The van der Waals surface area contributed by atoms with Gasteiger partial charge in [0.15, 0.2) is 6.10 Å². The van der Waals surface area contributed by atoms with Crippen LogP contribution in [0.15, 0.2) is 122 Å². The maximum atomic E-state index is 12.8. The molecule has 2 unspecified atom stereocenters. The van der Waals surface area contributed by atoms with E-state index in [0.717, 1.165) is 89.9 Å². The maximum absolute atomic E-state index is 12.8. The molecule has 0 radical (unpaired) electrons. The molecular weight excluding hydrogens is 966 g/mol. The largest absolute Gasteiger partial charge is 0.472 e. The number of carbonyl (C=O) groups excluding carboxylic acids is 2. The van der Waals surface area contributed by atoms with E-state index in [4.69, 9.17) is 18.5 Å². The van der Waals surface area contributed by atoms with Gasteiger partial charge in [0, 0.05) is 12.8 Å². The van der Waals surface area contributed by atoms with E-state index in [1.165, 1.54) is 109 Å². The predicted molar refractivity (Wildman–Crippen MR) is 325 cm³/mol. The summed E-state index contributed by atoms with van der Waals surface area (Å²) in [6.45, 7) is 4.25. The van der Waals surface area contributed by atoms with Crippen LogP contribution in [0.4, 0.5) is 0 Å². The zero-order chi connectivity index (χ0) is 55.6. The smallest absolute Gasteiger partial charge is 0.462 e. The number of quaternary nitrogens is 1. The second-order valence-electron chi connectivity index (χ2n) is 21.0. The van der Waals surface area contributed by atoms with Gasteiger partial charge in [-0.15, -0.1) is 0 Å². The molecule has 0 aromatic heterocycles. The maximum Gasteiger partial charge on any atom is 0.472 e. The van der Waals surface area contributed by atoms with Crippen molar-refractivity contribution in [2.24, 2.45) is 0 Å². The Morgan fingerprint density at radius 1 is 0.421 bits per heavy atom. The van der Waals surface area contributed by atoms with Gasteiger partial charge in [-0.05, 0) is 109 Å². The minimum atomic E-state index is -4.41. The van der Waals surface area contributed by atoms with E-state index in [-0.39, 0.29) is 32.0 Å². The molecule has 0 fully saturated rings. The van der Waals surface area contributed by atoms with Crippen LogP contribution in [0.25, 0.3) is 0 Å². The van der Waals surface area contributed by atoms with E-state index in [0.29, 0.717) is 17.4 Å². The molecule has 2 atom stereocenters. The number of likely N-dealkylation sites (N-methyl/N-ethyl adjacent to an activating group) is 1. The fraction of sp³-hybridized carbons (Fsp3) is 0.667. The quantitative estimate of drug-likeness (QED) is 0.0211. The number of hydrogen-bond donors (Lipinski definition) is 1. The minimum Gasteiger partial charge on any atom is -0.462 e. The van der Waals surface area contributed by atoms with Crippen molar-refractivity contribution in [3.8, 4) is 0 Å². The second kappa shape index (κ2) is 56.1. The summed E-state index contributed by atoms with van der Waals surface area (Å²) in [5.74, 6) is -0.855. The SMILES string of the molecule is CC/C=C\C/C=C\C/C=C\C/C=C\C/C=C\C/C=C\C/C=C\C/C=C\CCCCC(=O)OC(COC(=O)CCCCCCCCCCCCCCC/C=C\C/C=C\CCCCCCC)COP(=O)(O)OCC[N+](C)(C)C. The fourth-order valence-corrected chi connectivity index (χ4v) is 8.57. The second-order valence-corrected chi connectivity index (χ2v) is 22.5. The number of ether oxygens (including phenoxy) is 2. The van der Waals surface area contributed by atoms with Crippen molar-refractivity contribution in [3.05, 3.63) is 122 Å². The van der Waals surface area contributed by atoms with Gasteiger partial charge >= 0.3 is 19.8 Å². The first-order chi connectivity index (χ1) is 37.0. The van der Waals surface area contributed by atoms with Crippen molar-refractivity contribution in [3.63, 3.8) is 0 Å². The topological polar surface area (TPSA) is 108 Å². The lowest BCUT2D eigenvalue weighted by molar-refractivity contribution is -0.870. The number of allylic oxidation sites excluding steroid dienone is 20. The summed E-state index contributed by atoms with van der Waals surface area (Å²) in [4.78, 5) is 35.7. The Bertz CT molecular complexity index is 1700. The van der Waals surface area contributed by atoms with Crippen molar-refractivity contribution < 1.29 is 42.1 Å². The summed E-state index contributed by atoms with van der Waals surface area (Å²) in [6.07, 6.45) is 79.9. The number of hydrogen-bond acceptors (Lipinski definition) is 7. The minimum absolute atomic E-state index is 0.0165. The monoisotopic (exact) mass is 1080 g/mol. The zero-order valence-corrected chi connectivity index (χ0v) is 50.1. The lowest BCUT2D eigenvalue weighted by Gasteiger charge is -2.24. The number of esters is 2. The van der Waals surface area contributed by atoms with Gasteiger partial charge in [0.05, 0.1) is 27.7 Å². The lowest BCUT2D eigenvalue weighted by Crippen LogP contribution is -2.37. The Kier molecular flexibility index (Phi) is 53.5. The first kappa shape index (κ1) is 72.4. The third kappa shape index (κ3) is 59.7. The molecule has 1 N–H and O–H groups in total. The van der Waals surface area contributed by atoms with E-state index in [1.807, 2.05) is 21.1 Å². The van der Waals surface area contributed by atoms with E-state index in [9.17, 15) is 19.0 Å². The number of unbranched alkanes of at least 4 members (excludes halogenated alkanes) is 20. The van der Waals surface area contributed by atoms with Crippen LogP contribution in [0.3, 0.4) is 0 Å². The molecule has 0 aliphatic carbocycles. The van der Waals surface area contributed by atoms with Gasteiger partial charge in [-0.1, -0.05) is 232 Å². The molecular formula is C66H113NO8P+. The number of rotatable bonds is 54. The Hall–Kier alpha value is -3.59. The number of nitrogens with zero attached hydrogens (tertiary/aromatic N) is 1. The molecule has 0 spiro atoms. The summed E-state index contributed by atoms with van der Waals surface area (Å²) in [6, 6.07) is 0. The van der Waals surface area contributed by atoms with Gasteiger partial charge in [-0.2, -0.15) is 0 Å². The molecule has 0 aliphatic heterocycles. The molecule has 0 amide bonds. The summed E-state index contributed by atoms with van der Waals surface area (Å²) >= 11 is 0. The molecule has 76 heavy (non-hydrogen) atoms. The summed E-state index contributed by atoms with van der Waals surface area (Å²) in [7, 11) is 1.43. The third-order valence-electron chi connectivity index (χ3n) is 12.5. The predicted octanol–water partition coefficient (Wildman–Crippen LogP) is 19.1. The normalized spacial score (nSPS) is 14.1. The fourth-order valence-electron chi connectivity index (χ4n) is 7.83. The molecule has 0 heterocycles. The summed E-state index contributed by atoms with van der Waals surface area (Å²) < 4.78 is 34.5. The molecule has 0 saturated heterocycles. The van der Waals surface area contributed by atoms with Gasteiger partial charge in [0.2, 0.25) is 0 Å². The molecule has 0 aromatic carbocycles. The van der Waals surface area contributed by atoms with Crippen LogP contribution in [0.2, 0.25) is 0 Å². The highest BCUT2D eigenvalue weighted by Gasteiger charge is 2.27. The molecule has 9 nitrogen and oxygen atoms in total. The summed E-state index contributed by atoms with van der Waals surface area (Å²) in [5, 5.41) is 0. The molecule has 0 rings (SSSR count). The lowest BCUT2D eigenvalue weighted by atomic mass is 10.0. The Morgan fingerprint density at radius 2 is 0.750 bits per heavy atom. The van der Waals surface area contributed by atoms with E-state index in [1.54, 1.807) is 0 Å². The van der Waals surface area contributed by atoms with E-state index < -0.39 is 26.5 Å². The van der Waals surface area contributed by atoms with E-state index >= 15 is 0 Å². The molecule has 0 saturated carbocycles. The van der Waals surface area contributed by atoms with Gasteiger partial charge in [-0.3, -0.25) is 18.6 Å². The van der Waals surface area contributed by atoms with Crippen LogP contribution in [0.5, 0.6) is 0 Å². The first-order valence-corrected chi connectivity index (χ1v) is 31.8. The molecule has 0 aliphatic rings. The molecule has 0 aromatic rings. The van der Waals surface area contributed by atoms with Crippen LogP contribution >= 0.6 is 7.82 Å². The molecule has 434 valence electrons. The van der Waals surface area contributed by atoms with Crippen molar-refractivity contribution in [2.75, 3.05) is 47.5 Å². The highest BCUT2D eigenvalue weighted by atomic mass is 31.2. The van der Waals surface area contributed by atoms with Crippen molar-refractivity contribution in [2.45, 2.75) is 238 Å². The van der Waals surface area contributed by atoms with Crippen LogP contribution in [0, 0.1) is 0 Å². The van der Waals surface area contributed by atoms with Crippen LogP contribution in [-0.2, 0) is 32.7 Å². The van der Waals surface area contributed by atoms with Crippen molar-refractivity contribution >= 4 is 19.8 Å². The van der Waals surface area contributed by atoms with Gasteiger partial charge in [0.1, 0.15) is 19.8 Å². The Balaban J connectivity index is 4.27. The van der Waals surface area contributed by atoms with Crippen LogP contribution in [-0.4, -0.2) is 74.9 Å². The number of phosphoric ester groups is 1. The first-order valence-electron chi connectivity index (χ1n) is 30.3. The van der Waals surface area contributed by atoms with Crippen LogP contribution in [0.1, 0.15) is 232 Å². The van der Waals surface area contributed by atoms with Gasteiger partial charge in [-0.25, -0.2) is 4.57 Å². The van der Waals surface area contributed by atoms with Crippen molar-refractivity contribution in [1.29, 1.82) is 0 Å². The average molecular weight is 1080 g/mol. The molecule has 10 heteroatoms. The average Bonchev–Trinajstić information content (AvgIpc) is 3.38. The van der Waals surface area contributed by atoms with Crippen LogP contribution < -0.4 is 0 Å². The number of carbonyl (C=O) groups is 2. The van der Waals surface area contributed by atoms with Gasteiger partial charge < -0.3 is 18.9 Å². The third-order valence-corrected chi connectivity index (χ3v) is 13.5. The number of phosphoric acid groups is 1. The molecule has 0 bridgehead atoms. The standard InChI is InChI=1S/C66H112NO8P/c1-6-8-10-12-14-16-18-20-22-24-26-28-30-32-33-35-37-39-41-43-45-47-49-51-53-55-57-59-66(69)75-64(63-74-76(70,71)73-61-60-67(3,4)5)62-72-65(68)58-56-54-52-50-48-46-44-42-40-38-36-34-31-29-27-25-23-21-19-17-15-13-11-9-7-2/h8,10,14,16,19-22,25-28,32-33,37,39,43,45,49,51,64H,6-7,9,11-13,15,17-18,23-24,29-31,34-36,38,40-42,44,46-48,50,52-63H2,1-5H3/p+1/b10-8-,16-14-,21-19-,22-20-,27-25-,28-26-,33-32-,39-37-,45-43-,51-49-. The Morgan fingerprint density at radius 3 is 1.14 bits per heavy atom.